The molecule has 0 unspecified atom stereocenters. The second-order valence-corrected chi connectivity index (χ2v) is 8.70. The zero-order valence-corrected chi connectivity index (χ0v) is 19.9. The number of azo groups is 1. The second-order valence-electron chi connectivity index (χ2n) is 7.05. The van der Waals surface area contributed by atoms with Crippen LogP contribution in [0, 0.1) is 0 Å². The summed E-state index contributed by atoms with van der Waals surface area (Å²) in [7, 11) is 0.654. The Hall–Kier alpha value is -4.46. The molecule has 0 fully saturated rings. The first kappa shape index (κ1) is 25.2. The van der Waals surface area contributed by atoms with Gasteiger partial charge in [0.25, 0.3) is 21.5 Å². The third-order valence-corrected chi connectivity index (χ3v) is 6.26. The number of nitrogens with zero attached hydrogens (tertiary/aromatic N) is 4. The fourth-order valence-electron chi connectivity index (χ4n) is 2.99. The summed E-state index contributed by atoms with van der Waals surface area (Å²) in [6, 6.07) is 9.67. The van der Waals surface area contributed by atoms with Crippen molar-refractivity contribution in [2.24, 2.45) is 24.3 Å². The highest BCUT2D eigenvalue weighted by Gasteiger charge is 2.25. The normalized spacial score (nSPS) is 11.4. The molecule has 0 aliphatic heterocycles. The monoisotopic (exact) mass is 503 g/mol. The van der Waals surface area contributed by atoms with Crippen LogP contribution in [0.15, 0.2) is 67.2 Å². The minimum absolute atomic E-state index is 0.0138. The van der Waals surface area contributed by atoms with Gasteiger partial charge in [-0.1, -0.05) is 12.1 Å². The van der Waals surface area contributed by atoms with Crippen LogP contribution >= 0.6 is 0 Å². The highest BCUT2D eigenvalue weighted by Crippen LogP contribution is 2.29. The zero-order valence-electron chi connectivity index (χ0n) is 19.0. The van der Waals surface area contributed by atoms with Crippen LogP contribution in [0.1, 0.15) is 10.4 Å². The number of hydrogen-bond donors (Lipinski definition) is 2. The third kappa shape index (κ3) is 4.91. The zero-order chi connectivity index (χ0) is 25.9. The van der Waals surface area contributed by atoms with Crippen LogP contribution in [0.5, 0.6) is 17.4 Å². The van der Waals surface area contributed by atoms with Gasteiger partial charge >= 0.3 is 5.69 Å². The fraction of sp³-hybridized carbons (Fsp3) is 0.190. The maximum Gasteiger partial charge on any atom is 0.333 e. The van der Waals surface area contributed by atoms with E-state index in [1.54, 1.807) is 0 Å². The Labute approximate surface area is 198 Å². The van der Waals surface area contributed by atoms with E-state index in [2.05, 4.69) is 10.2 Å². The molecule has 2 aromatic carbocycles. The van der Waals surface area contributed by atoms with Gasteiger partial charge in [-0.3, -0.25) is 18.7 Å². The number of benzene rings is 2. The Morgan fingerprint density at radius 2 is 1.69 bits per heavy atom. The molecule has 14 heteroatoms. The lowest BCUT2D eigenvalue weighted by molar-refractivity contribution is 0.0982. The first-order valence-electron chi connectivity index (χ1n) is 9.80. The number of aromatic hydroxyl groups is 1. The van der Waals surface area contributed by atoms with Gasteiger partial charge in [0.2, 0.25) is 11.6 Å². The van der Waals surface area contributed by atoms with E-state index < -0.39 is 38.7 Å². The summed E-state index contributed by atoms with van der Waals surface area (Å²) >= 11 is 0. The molecule has 0 saturated carbocycles. The van der Waals surface area contributed by atoms with Crippen molar-refractivity contribution in [1.82, 2.24) is 13.9 Å². The second kappa shape index (κ2) is 9.80. The van der Waals surface area contributed by atoms with Crippen LogP contribution in [-0.2, 0) is 24.1 Å². The highest BCUT2D eigenvalue weighted by molar-refractivity contribution is 7.90. The molecule has 0 aliphatic carbocycles. The third-order valence-electron chi connectivity index (χ3n) is 4.90. The maximum atomic E-state index is 12.9. The number of aromatic nitrogens is 2. The molecule has 0 atom stereocenters. The molecule has 0 saturated heterocycles. The number of hydrogen-bond acceptors (Lipinski definition) is 10. The van der Waals surface area contributed by atoms with Crippen LogP contribution in [0.25, 0.3) is 0 Å². The van der Waals surface area contributed by atoms with Crippen molar-refractivity contribution in [1.29, 1.82) is 0 Å². The van der Waals surface area contributed by atoms with Crippen molar-refractivity contribution in [3.05, 3.63) is 68.9 Å². The lowest BCUT2D eigenvalue weighted by Gasteiger charge is -2.12. The van der Waals surface area contributed by atoms with Gasteiger partial charge < -0.3 is 14.6 Å². The topological polar surface area (TPSA) is 171 Å². The number of methoxy groups -OCH3 is 2. The van der Waals surface area contributed by atoms with E-state index >= 15 is 0 Å². The van der Waals surface area contributed by atoms with E-state index in [4.69, 9.17) is 9.47 Å². The number of carbonyl (C=O) groups excluding carboxylic acids is 1. The van der Waals surface area contributed by atoms with Gasteiger partial charge in [-0.15, -0.1) is 10.2 Å². The van der Waals surface area contributed by atoms with Crippen LogP contribution in [0.3, 0.4) is 0 Å². The van der Waals surface area contributed by atoms with E-state index in [9.17, 15) is 27.9 Å². The Kier molecular flexibility index (Phi) is 7.05. The molecule has 1 aromatic heterocycles. The average molecular weight is 503 g/mol. The largest absolute Gasteiger partial charge is 0.497 e. The lowest BCUT2D eigenvalue weighted by atomic mass is 10.2. The van der Waals surface area contributed by atoms with Crippen LogP contribution in [-0.4, -0.2) is 42.8 Å². The number of ether oxygens (including phenoxy) is 2. The van der Waals surface area contributed by atoms with Gasteiger partial charge in [0.05, 0.1) is 25.5 Å². The predicted molar refractivity (Wildman–Crippen MR) is 123 cm³/mol. The van der Waals surface area contributed by atoms with Gasteiger partial charge in [0, 0.05) is 20.2 Å². The van der Waals surface area contributed by atoms with E-state index in [0.717, 1.165) is 9.13 Å². The number of carbonyl (C=O) groups is 1. The average Bonchev–Trinajstić information content (AvgIpc) is 2.85. The van der Waals surface area contributed by atoms with E-state index in [-0.39, 0.29) is 27.6 Å². The van der Waals surface area contributed by atoms with Gasteiger partial charge in [0.15, 0.2) is 0 Å². The van der Waals surface area contributed by atoms with E-state index in [1.165, 1.54) is 70.8 Å². The molecule has 3 rings (SSSR count). The Bertz CT molecular complexity index is 1560. The van der Waals surface area contributed by atoms with Crippen LogP contribution in [0.2, 0.25) is 0 Å². The standard InChI is InChI=1S/C21H21N5O8S/c1-25-19(28)17(20(29)26(2)21(25)30)23-22-14-8-6-5-7-13(14)18(27)24-35(31,32)16-11-12(33-3)9-10-15(16)34-4/h5-11,28H,1-4H3,(H,24,27). The van der Waals surface area contributed by atoms with Crippen molar-refractivity contribution >= 4 is 27.3 Å². The molecule has 1 heterocycles. The van der Waals surface area contributed by atoms with Crippen molar-refractivity contribution in [2.45, 2.75) is 4.90 Å². The summed E-state index contributed by atoms with van der Waals surface area (Å²) in [4.78, 5) is 36.8. The molecule has 0 spiro atoms. The molecule has 184 valence electrons. The van der Waals surface area contributed by atoms with Crippen molar-refractivity contribution in [3.63, 3.8) is 0 Å². The molecule has 35 heavy (non-hydrogen) atoms. The Morgan fingerprint density at radius 3 is 2.34 bits per heavy atom. The summed E-state index contributed by atoms with van der Waals surface area (Å²) in [5.41, 5.74) is -2.53. The molecule has 0 bridgehead atoms. The van der Waals surface area contributed by atoms with Crippen molar-refractivity contribution in [2.75, 3.05) is 14.2 Å². The van der Waals surface area contributed by atoms with Crippen LogP contribution < -0.4 is 25.4 Å². The van der Waals surface area contributed by atoms with Gasteiger partial charge in [-0.05, 0) is 24.3 Å². The summed E-state index contributed by atoms with van der Waals surface area (Å²) < 4.78 is 39.4. The van der Waals surface area contributed by atoms with Crippen molar-refractivity contribution < 1.29 is 27.8 Å². The summed E-state index contributed by atoms with van der Waals surface area (Å²) in [6.45, 7) is 0. The molecule has 1 amide bonds. The fourth-order valence-corrected chi connectivity index (χ4v) is 4.14. The first-order valence-corrected chi connectivity index (χ1v) is 11.3. The predicted octanol–water partition coefficient (Wildman–Crippen LogP) is 1.34. The van der Waals surface area contributed by atoms with E-state index in [1.807, 2.05) is 4.72 Å². The summed E-state index contributed by atoms with van der Waals surface area (Å²) in [6.07, 6.45) is 0. The lowest BCUT2D eigenvalue weighted by Crippen LogP contribution is -2.36. The number of amides is 1. The minimum Gasteiger partial charge on any atom is -0.497 e. The first-order chi connectivity index (χ1) is 16.5. The molecular formula is C21H21N5O8S. The highest BCUT2D eigenvalue weighted by atomic mass is 32.2. The summed E-state index contributed by atoms with van der Waals surface area (Å²) in [5.74, 6) is -1.55. The minimum atomic E-state index is -4.40. The van der Waals surface area contributed by atoms with Crippen LogP contribution in [0.4, 0.5) is 11.4 Å². The Balaban J connectivity index is 2.00. The molecule has 13 nitrogen and oxygen atoms in total. The number of nitrogens with one attached hydrogen (secondary N) is 1. The molecule has 0 radical (unpaired) electrons. The SMILES string of the molecule is COc1ccc(OC)c(S(=O)(=O)NC(=O)c2ccccc2N=Nc2c(O)n(C)c(=O)n(C)c2=O)c1. The number of sulfonamides is 1. The van der Waals surface area contributed by atoms with Crippen molar-refractivity contribution in [3.8, 4) is 17.4 Å². The molecule has 2 N–H and O–H groups in total. The van der Waals surface area contributed by atoms with E-state index in [0.29, 0.717) is 0 Å². The Morgan fingerprint density at radius 1 is 1.00 bits per heavy atom. The van der Waals surface area contributed by atoms with Gasteiger partial charge in [0.1, 0.15) is 16.4 Å². The quantitative estimate of drug-likeness (QED) is 0.455. The molecule has 0 aliphatic rings. The summed E-state index contributed by atoms with van der Waals surface area (Å²) in [5, 5.41) is 17.7. The smallest absolute Gasteiger partial charge is 0.333 e. The number of rotatable bonds is 7. The molecular weight excluding hydrogens is 482 g/mol. The molecule has 3 aromatic rings. The van der Waals surface area contributed by atoms with Gasteiger partial charge in [-0.25, -0.2) is 17.9 Å². The maximum absolute atomic E-state index is 12.9. The van der Waals surface area contributed by atoms with Gasteiger partial charge in [-0.2, -0.15) is 0 Å².